The van der Waals surface area contributed by atoms with Gasteiger partial charge in [-0.1, -0.05) is 0 Å². The Morgan fingerprint density at radius 1 is 1.31 bits per heavy atom. The fourth-order valence-electron chi connectivity index (χ4n) is 4.39. The van der Waals surface area contributed by atoms with Crippen molar-refractivity contribution in [3.8, 4) is 6.07 Å². The number of nitrogens with zero attached hydrogens (tertiary/aromatic N) is 4. The maximum absolute atomic E-state index is 12.9. The van der Waals surface area contributed by atoms with Crippen molar-refractivity contribution < 1.29 is 9.53 Å². The number of rotatable bonds is 3. The number of anilines is 1. The minimum absolute atomic E-state index is 0.0436. The van der Waals surface area contributed by atoms with Crippen LogP contribution in [0.2, 0.25) is 0 Å². The van der Waals surface area contributed by atoms with E-state index in [9.17, 15) is 10.1 Å². The second-order valence-corrected chi connectivity index (χ2v) is 8.09. The van der Waals surface area contributed by atoms with Crippen molar-refractivity contribution in [2.24, 2.45) is 0 Å². The fourth-order valence-corrected chi connectivity index (χ4v) is 4.39. The number of nitrogens with one attached hydrogen (secondary N) is 1. The highest BCUT2D eigenvalue weighted by molar-refractivity contribution is 5.95. The number of pyridine rings is 1. The molecule has 1 aromatic heterocycles. The first-order valence-corrected chi connectivity index (χ1v) is 10.2. The summed E-state index contributed by atoms with van der Waals surface area (Å²) in [6, 6.07) is 9.99. The Morgan fingerprint density at radius 2 is 2.17 bits per heavy atom. The van der Waals surface area contributed by atoms with Crippen LogP contribution in [0.4, 0.5) is 5.69 Å². The van der Waals surface area contributed by atoms with Gasteiger partial charge in [-0.3, -0.25) is 9.78 Å². The van der Waals surface area contributed by atoms with Crippen LogP contribution in [0.1, 0.15) is 25.3 Å². The molecule has 1 amide bonds. The van der Waals surface area contributed by atoms with Crippen molar-refractivity contribution in [2.75, 3.05) is 38.1 Å². The number of hydrogen-bond donors (Lipinski definition) is 1. The van der Waals surface area contributed by atoms with Crippen molar-refractivity contribution in [3.05, 3.63) is 36.0 Å². The van der Waals surface area contributed by atoms with Gasteiger partial charge in [-0.2, -0.15) is 5.26 Å². The second kappa shape index (κ2) is 8.36. The third-order valence-corrected chi connectivity index (χ3v) is 5.73. The predicted octanol–water partition coefficient (Wildman–Crippen LogP) is 1.91. The van der Waals surface area contributed by atoms with Gasteiger partial charge in [-0.15, -0.1) is 0 Å². The summed E-state index contributed by atoms with van der Waals surface area (Å²) in [6.45, 7) is 5.12. The van der Waals surface area contributed by atoms with Crippen LogP contribution in [0, 0.1) is 11.3 Å². The van der Waals surface area contributed by atoms with Crippen LogP contribution in [-0.4, -0.2) is 67.3 Å². The summed E-state index contributed by atoms with van der Waals surface area (Å²) in [6.07, 6.45) is 3.21. The third kappa shape index (κ3) is 4.19. The number of likely N-dealkylation sites (N-methyl/N-ethyl adjacent to an activating group) is 1. The molecule has 2 aliphatic heterocycles. The topological polar surface area (TPSA) is 81.5 Å². The SMILES string of the molecule is C[C@@H]1CN(c2ccc(C#N)c3ncccc23)C[C@H](C(=O)N[C@@H]2CCCN(C)C2)O1. The molecule has 3 atom stereocenters. The molecule has 2 aliphatic rings. The summed E-state index contributed by atoms with van der Waals surface area (Å²) in [5.74, 6) is -0.0436. The van der Waals surface area contributed by atoms with Crippen LogP contribution in [0.15, 0.2) is 30.5 Å². The van der Waals surface area contributed by atoms with E-state index in [0.717, 1.165) is 37.0 Å². The minimum Gasteiger partial charge on any atom is -0.365 e. The number of ether oxygens (including phenoxy) is 1. The van der Waals surface area contributed by atoms with E-state index in [1.165, 1.54) is 0 Å². The van der Waals surface area contributed by atoms with E-state index < -0.39 is 6.10 Å². The summed E-state index contributed by atoms with van der Waals surface area (Å²) < 4.78 is 5.99. The summed E-state index contributed by atoms with van der Waals surface area (Å²) >= 11 is 0. The summed E-state index contributed by atoms with van der Waals surface area (Å²) in [7, 11) is 2.09. The Hall–Kier alpha value is -2.69. The van der Waals surface area contributed by atoms with Crippen LogP contribution in [-0.2, 0) is 9.53 Å². The van der Waals surface area contributed by atoms with Crippen LogP contribution in [0.25, 0.3) is 10.9 Å². The fraction of sp³-hybridized carbons (Fsp3) is 0.500. The minimum atomic E-state index is -0.520. The molecule has 0 bridgehead atoms. The first-order chi connectivity index (χ1) is 14.0. The van der Waals surface area contributed by atoms with Crippen molar-refractivity contribution in [1.82, 2.24) is 15.2 Å². The highest BCUT2D eigenvalue weighted by atomic mass is 16.5. The quantitative estimate of drug-likeness (QED) is 0.858. The summed E-state index contributed by atoms with van der Waals surface area (Å²) in [5.41, 5.74) is 2.23. The van der Waals surface area contributed by atoms with E-state index in [2.05, 4.69) is 33.2 Å². The average molecular weight is 393 g/mol. The molecule has 0 unspecified atom stereocenters. The molecule has 1 aromatic carbocycles. The van der Waals surface area contributed by atoms with Gasteiger partial charge in [0.1, 0.15) is 6.07 Å². The summed E-state index contributed by atoms with van der Waals surface area (Å²) in [5, 5.41) is 13.5. The van der Waals surface area contributed by atoms with Crippen LogP contribution < -0.4 is 10.2 Å². The van der Waals surface area contributed by atoms with E-state index in [1.54, 1.807) is 12.3 Å². The number of nitriles is 1. The van der Waals surface area contributed by atoms with E-state index in [1.807, 2.05) is 25.1 Å². The third-order valence-electron chi connectivity index (χ3n) is 5.73. The molecule has 2 aromatic rings. The lowest BCUT2D eigenvalue weighted by Crippen LogP contribution is -2.56. The number of carbonyl (C=O) groups is 1. The maximum Gasteiger partial charge on any atom is 0.251 e. The summed E-state index contributed by atoms with van der Waals surface area (Å²) in [4.78, 5) is 21.8. The highest BCUT2D eigenvalue weighted by Crippen LogP contribution is 2.30. The molecule has 0 radical (unpaired) electrons. The monoisotopic (exact) mass is 393 g/mol. The molecule has 4 rings (SSSR count). The van der Waals surface area contributed by atoms with E-state index in [0.29, 0.717) is 24.2 Å². The number of aromatic nitrogens is 1. The zero-order valence-electron chi connectivity index (χ0n) is 17.0. The number of amides is 1. The van der Waals surface area contributed by atoms with Gasteiger partial charge in [0, 0.05) is 36.4 Å². The van der Waals surface area contributed by atoms with E-state index in [4.69, 9.17) is 4.74 Å². The van der Waals surface area contributed by atoms with E-state index >= 15 is 0 Å². The zero-order valence-corrected chi connectivity index (χ0v) is 17.0. The molecule has 29 heavy (non-hydrogen) atoms. The molecule has 2 saturated heterocycles. The molecule has 1 N–H and O–H groups in total. The number of morpholine rings is 1. The predicted molar refractivity (Wildman–Crippen MR) is 112 cm³/mol. The number of fused-ring (bicyclic) bond motifs is 1. The number of likely N-dealkylation sites (tertiary alicyclic amines) is 1. The molecular formula is C22H27N5O2. The molecule has 2 fully saturated rings. The van der Waals surface area contributed by atoms with Crippen LogP contribution >= 0.6 is 0 Å². The van der Waals surface area contributed by atoms with Gasteiger partial charge in [-0.25, -0.2) is 0 Å². The molecule has 0 spiro atoms. The average Bonchev–Trinajstić information content (AvgIpc) is 2.72. The number of piperidine rings is 1. The van der Waals surface area contributed by atoms with Crippen molar-refractivity contribution in [3.63, 3.8) is 0 Å². The van der Waals surface area contributed by atoms with E-state index in [-0.39, 0.29) is 18.1 Å². The Labute approximate surface area is 171 Å². The molecule has 3 heterocycles. The van der Waals surface area contributed by atoms with Crippen molar-refractivity contribution in [1.29, 1.82) is 5.26 Å². The van der Waals surface area contributed by atoms with Gasteiger partial charge in [0.05, 0.1) is 23.7 Å². The van der Waals surface area contributed by atoms with Gasteiger partial charge in [0.25, 0.3) is 5.91 Å². The second-order valence-electron chi connectivity index (χ2n) is 8.09. The van der Waals surface area contributed by atoms with Gasteiger partial charge in [0.15, 0.2) is 6.10 Å². The lowest BCUT2D eigenvalue weighted by Gasteiger charge is -2.39. The van der Waals surface area contributed by atoms with Crippen molar-refractivity contribution in [2.45, 2.75) is 38.0 Å². The molecule has 0 saturated carbocycles. The first-order valence-electron chi connectivity index (χ1n) is 10.2. The maximum atomic E-state index is 12.9. The zero-order chi connectivity index (χ0) is 20.4. The Bertz CT molecular complexity index is 940. The Kier molecular flexibility index (Phi) is 5.65. The van der Waals surface area contributed by atoms with Gasteiger partial charge in [0.2, 0.25) is 0 Å². The van der Waals surface area contributed by atoms with Crippen molar-refractivity contribution >= 4 is 22.5 Å². The largest absolute Gasteiger partial charge is 0.365 e. The molecule has 7 nitrogen and oxygen atoms in total. The van der Waals surface area contributed by atoms with Gasteiger partial charge >= 0.3 is 0 Å². The smallest absolute Gasteiger partial charge is 0.251 e. The van der Waals surface area contributed by atoms with Gasteiger partial charge < -0.3 is 19.9 Å². The first kappa shape index (κ1) is 19.6. The number of hydrogen-bond acceptors (Lipinski definition) is 6. The lowest BCUT2D eigenvalue weighted by atomic mass is 10.0. The molecular weight excluding hydrogens is 366 g/mol. The molecule has 152 valence electrons. The standard InChI is InChI=1S/C22H27N5O2/c1-15-12-27(19-8-7-16(11-23)21-18(19)6-3-9-24-21)14-20(29-15)22(28)25-17-5-4-10-26(2)13-17/h3,6-9,15,17,20H,4-5,10,12-14H2,1-2H3,(H,25,28)/t15-,17-,20-/m1/s1. The van der Waals surface area contributed by atoms with Gasteiger partial charge in [-0.05, 0) is 57.6 Å². The van der Waals surface area contributed by atoms with Crippen LogP contribution in [0.3, 0.4) is 0 Å². The molecule has 7 heteroatoms. The normalized spacial score (nSPS) is 25.6. The number of carbonyl (C=O) groups excluding carboxylic acids is 1. The molecule has 0 aliphatic carbocycles. The lowest BCUT2D eigenvalue weighted by molar-refractivity contribution is -0.138. The number of benzene rings is 1. The highest BCUT2D eigenvalue weighted by Gasteiger charge is 2.33. The Balaban J connectivity index is 1.54. The Morgan fingerprint density at radius 3 is 2.97 bits per heavy atom. The van der Waals surface area contributed by atoms with Crippen LogP contribution in [0.5, 0.6) is 0 Å².